The van der Waals surface area contributed by atoms with E-state index < -0.39 is 0 Å². The first-order chi connectivity index (χ1) is 7.15. The molecule has 0 aliphatic heterocycles. The third kappa shape index (κ3) is 2.13. The summed E-state index contributed by atoms with van der Waals surface area (Å²) >= 11 is 1.41. The predicted molar refractivity (Wildman–Crippen MR) is 57.8 cm³/mol. The van der Waals surface area contributed by atoms with Crippen molar-refractivity contribution in [3.05, 3.63) is 22.8 Å². The summed E-state index contributed by atoms with van der Waals surface area (Å²) in [4.78, 5) is 16.6. The van der Waals surface area contributed by atoms with Crippen LogP contribution in [0.1, 0.15) is 15.4 Å². The van der Waals surface area contributed by atoms with Crippen LogP contribution in [0.2, 0.25) is 0 Å². The van der Waals surface area contributed by atoms with Gasteiger partial charge in [-0.15, -0.1) is 11.3 Å². The molecule has 4 N–H and O–H groups in total. The molecule has 15 heavy (non-hydrogen) atoms. The maximum Gasteiger partial charge on any atom is 0.275 e. The number of amides is 1. The van der Waals surface area contributed by atoms with Crippen molar-refractivity contribution in [3.63, 3.8) is 0 Å². The molecule has 0 spiro atoms. The second-order valence-electron chi connectivity index (χ2n) is 2.94. The van der Waals surface area contributed by atoms with Gasteiger partial charge in [-0.05, 0) is 6.92 Å². The number of H-pyrrole nitrogens is 1. The summed E-state index contributed by atoms with van der Waals surface area (Å²) in [7, 11) is 0. The predicted octanol–water partition coefficient (Wildman–Crippen LogP) is 1.01. The maximum atomic E-state index is 11.6. The standard InChI is InChI=1S/C8H9N5OS/c1-4-3-10-8(15-4)11-7(14)5-2-6(9)13-12-5/h2-3H,1H3,(H3,9,12,13)(H,10,11,14). The van der Waals surface area contributed by atoms with E-state index in [4.69, 9.17) is 5.73 Å². The highest BCUT2D eigenvalue weighted by Crippen LogP contribution is 2.17. The van der Waals surface area contributed by atoms with Crippen LogP contribution >= 0.6 is 11.3 Å². The van der Waals surface area contributed by atoms with Crippen molar-refractivity contribution in [2.24, 2.45) is 0 Å². The van der Waals surface area contributed by atoms with Crippen LogP contribution in [0.4, 0.5) is 10.9 Å². The van der Waals surface area contributed by atoms with Gasteiger partial charge in [-0.25, -0.2) is 4.98 Å². The van der Waals surface area contributed by atoms with Crippen LogP contribution in [-0.2, 0) is 0 Å². The summed E-state index contributed by atoms with van der Waals surface area (Å²) in [6, 6.07) is 1.47. The zero-order valence-corrected chi connectivity index (χ0v) is 8.76. The van der Waals surface area contributed by atoms with Gasteiger partial charge in [0.25, 0.3) is 5.91 Å². The lowest BCUT2D eigenvalue weighted by Gasteiger charge is -1.96. The first-order valence-electron chi connectivity index (χ1n) is 4.20. The number of nitrogens with zero attached hydrogens (tertiary/aromatic N) is 2. The minimum absolute atomic E-state index is 0.287. The average Bonchev–Trinajstić information content (AvgIpc) is 2.75. The summed E-state index contributed by atoms with van der Waals surface area (Å²) in [5, 5.41) is 9.38. The molecule has 2 aromatic rings. The molecule has 1 amide bonds. The second-order valence-corrected chi connectivity index (χ2v) is 4.17. The van der Waals surface area contributed by atoms with Crippen molar-refractivity contribution in [1.82, 2.24) is 15.2 Å². The van der Waals surface area contributed by atoms with Gasteiger partial charge in [0.1, 0.15) is 11.5 Å². The molecule has 0 atom stereocenters. The third-order valence-corrected chi connectivity index (χ3v) is 2.51. The number of nitrogens with two attached hydrogens (primary N) is 1. The number of carbonyl (C=O) groups is 1. The van der Waals surface area contributed by atoms with Gasteiger partial charge < -0.3 is 5.73 Å². The summed E-state index contributed by atoms with van der Waals surface area (Å²) in [5.41, 5.74) is 5.70. The van der Waals surface area contributed by atoms with Gasteiger partial charge in [-0.1, -0.05) is 0 Å². The number of aromatic nitrogens is 3. The van der Waals surface area contributed by atoms with E-state index in [1.807, 2.05) is 6.92 Å². The Labute approximate surface area is 89.5 Å². The van der Waals surface area contributed by atoms with Gasteiger partial charge in [0, 0.05) is 17.1 Å². The molecule has 0 bridgehead atoms. The molecule has 0 unspecified atom stereocenters. The maximum absolute atomic E-state index is 11.6. The zero-order chi connectivity index (χ0) is 10.8. The molecule has 0 saturated heterocycles. The van der Waals surface area contributed by atoms with Crippen molar-refractivity contribution in [2.75, 3.05) is 11.1 Å². The number of thiazole rings is 1. The number of carbonyl (C=O) groups excluding carboxylic acids is 1. The van der Waals surface area contributed by atoms with E-state index in [1.165, 1.54) is 17.4 Å². The fourth-order valence-corrected chi connectivity index (χ4v) is 1.69. The van der Waals surface area contributed by atoms with Crippen LogP contribution in [-0.4, -0.2) is 21.1 Å². The number of aryl methyl sites for hydroxylation is 1. The lowest BCUT2D eigenvalue weighted by atomic mass is 10.4. The molecule has 2 aromatic heterocycles. The zero-order valence-electron chi connectivity index (χ0n) is 7.94. The number of nitrogen functional groups attached to an aromatic ring is 1. The summed E-state index contributed by atoms with van der Waals surface area (Å²) in [6.45, 7) is 1.92. The molecule has 0 aliphatic rings. The number of hydrogen-bond acceptors (Lipinski definition) is 5. The van der Waals surface area contributed by atoms with E-state index in [0.717, 1.165) is 4.88 Å². The molecular formula is C8H9N5OS. The Morgan fingerprint density at radius 1 is 1.67 bits per heavy atom. The first-order valence-corrected chi connectivity index (χ1v) is 5.01. The highest BCUT2D eigenvalue weighted by atomic mass is 32.1. The fraction of sp³-hybridized carbons (Fsp3) is 0.125. The van der Waals surface area contributed by atoms with E-state index >= 15 is 0 Å². The van der Waals surface area contributed by atoms with Crippen molar-refractivity contribution >= 4 is 28.2 Å². The molecule has 78 valence electrons. The minimum Gasteiger partial charge on any atom is -0.382 e. The van der Waals surface area contributed by atoms with Crippen LogP contribution in [0.25, 0.3) is 0 Å². The SMILES string of the molecule is Cc1cnc(NC(=O)c2cc(N)n[nH]2)s1. The Balaban J connectivity index is 2.10. The smallest absolute Gasteiger partial charge is 0.275 e. The highest BCUT2D eigenvalue weighted by molar-refractivity contribution is 7.15. The molecule has 0 radical (unpaired) electrons. The van der Waals surface area contributed by atoms with Crippen molar-refractivity contribution < 1.29 is 4.79 Å². The van der Waals surface area contributed by atoms with Gasteiger partial charge in [0.05, 0.1) is 0 Å². The van der Waals surface area contributed by atoms with E-state index in [2.05, 4.69) is 20.5 Å². The molecular weight excluding hydrogens is 214 g/mol. The Bertz CT molecular complexity index is 489. The number of aromatic amines is 1. The van der Waals surface area contributed by atoms with Crippen molar-refractivity contribution in [1.29, 1.82) is 0 Å². The topological polar surface area (TPSA) is 96.7 Å². The average molecular weight is 223 g/mol. The van der Waals surface area contributed by atoms with Gasteiger partial charge in [-0.2, -0.15) is 5.10 Å². The molecule has 0 aliphatic carbocycles. The van der Waals surface area contributed by atoms with Gasteiger partial charge >= 0.3 is 0 Å². The first kappa shape index (κ1) is 9.66. The Kier molecular flexibility index (Phi) is 2.38. The number of rotatable bonds is 2. The number of nitrogens with one attached hydrogen (secondary N) is 2. The molecule has 7 heteroatoms. The quantitative estimate of drug-likeness (QED) is 0.707. The van der Waals surface area contributed by atoms with Crippen LogP contribution in [0.3, 0.4) is 0 Å². The molecule has 0 saturated carbocycles. The Hall–Kier alpha value is -1.89. The van der Waals surface area contributed by atoms with Crippen LogP contribution in [0, 0.1) is 6.92 Å². The van der Waals surface area contributed by atoms with Gasteiger partial charge in [-0.3, -0.25) is 15.2 Å². The van der Waals surface area contributed by atoms with Crippen LogP contribution in [0.5, 0.6) is 0 Å². The minimum atomic E-state index is -0.298. The Morgan fingerprint density at radius 2 is 2.47 bits per heavy atom. The third-order valence-electron chi connectivity index (χ3n) is 1.68. The van der Waals surface area contributed by atoms with E-state index in [1.54, 1.807) is 6.20 Å². The molecule has 0 aromatic carbocycles. The van der Waals surface area contributed by atoms with E-state index in [-0.39, 0.29) is 11.7 Å². The highest BCUT2D eigenvalue weighted by Gasteiger charge is 2.10. The van der Waals surface area contributed by atoms with E-state index in [9.17, 15) is 4.79 Å². The van der Waals surface area contributed by atoms with Crippen molar-refractivity contribution in [2.45, 2.75) is 6.92 Å². The van der Waals surface area contributed by atoms with Crippen molar-refractivity contribution in [3.8, 4) is 0 Å². The number of anilines is 2. The van der Waals surface area contributed by atoms with Gasteiger partial charge in [0.2, 0.25) is 0 Å². The molecule has 6 nitrogen and oxygen atoms in total. The van der Waals surface area contributed by atoms with Gasteiger partial charge in [0.15, 0.2) is 5.13 Å². The molecule has 2 heterocycles. The number of hydrogen-bond donors (Lipinski definition) is 3. The monoisotopic (exact) mass is 223 g/mol. The Morgan fingerprint density at radius 3 is 3.00 bits per heavy atom. The molecule has 2 rings (SSSR count). The second kappa shape index (κ2) is 3.70. The van der Waals surface area contributed by atoms with Crippen LogP contribution < -0.4 is 11.1 Å². The van der Waals surface area contributed by atoms with E-state index in [0.29, 0.717) is 10.8 Å². The summed E-state index contributed by atoms with van der Waals surface area (Å²) in [5.74, 6) is -0.0102. The largest absolute Gasteiger partial charge is 0.382 e. The normalized spacial score (nSPS) is 10.2. The molecule has 0 fully saturated rings. The van der Waals surface area contributed by atoms with Crippen LogP contribution in [0.15, 0.2) is 12.3 Å². The fourth-order valence-electron chi connectivity index (χ4n) is 1.03. The summed E-state index contributed by atoms with van der Waals surface area (Å²) < 4.78 is 0. The summed E-state index contributed by atoms with van der Waals surface area (Å²) in [6.07, 6.45) is 1.70. The lowest BCUT2D eigenvalue weighted by Crippen LogP contribution is -2.11. The lowest BCUT2D eigenvalue weighted by molar-refractivity contribution is 0.102.